The second-order valence-corrected chi connectivity index (χ2v) is 13.9. The maximum atomic E-state index is 14.2. The molecule has 12 heteroatoms. The van der Waals surface area contributed by atoms with Crippen molar-refractivity contribution in [3.05, 3.63) is 47.5 Å². The molecule has 2 N–H and O–H groups in total. The van der Waals surface area contributed by atoms with Crippen molar-refractivity contribution in [3.63, 3.8) is 0 Å². The molecule has 1 aromatic carbocycles. The van der Waals surface area contributed by atoms with E-state index >= 15 is 0 Å². The van der Waals surface area contributed by atoms with E-state index < -0.39 is 59.3 Å². The molecule has 0 spiro atoms. The smallest absolute Gasteiger partial charge is 0.410 e. The molecule has 1 aromatic rings. The molecule has 4 aliphatic rings. The van der Waals surface area contributed by atoms with Gasteiger partial charge in [-0.2, -0.15) is 0 Å². The number of nitrogens with one attached hydrogen (secondary N) is 2. The minimum atomic E-state index is -1.22. The fourth-order valence-electron chi connectivity index (χ4n) is 6.71. The first-order valence-corrected chi connectivity index (χ1v) is 16.9. The van der Waals surface area contributed by atoms with Crippen LogP contribution in [0.15, 0.2) is 36.4 Å². The molecule has 47 heavy (non-hydrogen) atoms. The summed E-state index contributed by atoms with van der Waals surface area (Å²) in [6.45, 7) is 7.97. The van der Waals surface area contributed by atoms with E-state index in [0.717, 1.165) is 24.8 Å². The van der Waals surface area contributed by atoms with Crippen molar-refractivity contribution in [1.29, 1.82) is 0 Å². The maximum Gasteiger partial charge on any atom is 0.410 e. The predicted octanol–water partition coefficient (Wildman–Crippen LogP) is 4.00. The molecule has 5 rings (SSSR count). The van der Waals surface area contributed by atoms with Crippen molar-refractivity contribution in [3.8, 4) is 0 Å². The van der Waals surface area contributed by atoms with E-state index in [0.29, 0.717) is 38.8 Å². The molecule has 1 aliphatic carbocycles. The van der Waals surface area contributed by atoms with Gasteiger partial charge in [-0.15, -0.1) is 0 Å². The molecular weight excluding hydrogens is 604 g/mol. The minimum absolute atomic E-state index is 0.0324. The lowest BCUT2D eigenvalue weighted by atomic mass is 10.0. The number of hydrogen-bond donors (Lipinski definition) is 2. The van der Waals surface area contributed by atoms with Crippen molar-refractivity contribution in [2.45, 2.75) is 115 Å². The number of hydrogen-bond acceptors (Lipinski definition) is 8. The predicted molar refractivity (Wildman–Crippen MR) is 172 cm³/mol. The highest BCUT2D eigenvalue weighted by molar-refractivity contribution is 5.96. The molecule has 2 fully saturated rings. The van der Waals surface area contributed by atoms with Crippen LogP contribution in [0, 0.1) is 5.92 Å². The SMILES string of the molecule is CCOC(=O)[C@@]12C[C@@H]1/C=C\CCCCC[C@H](NC(=O)OC(C)(C)C)C(=O)N1C[C@H](OC(=O)N3CCc4ccccc4C3)C[C@H]1C(=O)N2. The molecule has 3 aliphatic heterocycles. The number of allylic oxidation sites excluding steroid dienone is 1. The molecule has 4 amide bonds. The normalized spacial score (nSPS) is 28.7. The van der Waals surface area contributed by atoms with E-state index in [1.165, 1.54) is 10.5 Å². The Balaban J connectivity index is 1.38. The molecule has 5 atom stereocenters. The Hall–Kier alpha value is -4.09. The fourth-order valence-corrected chi connectivity index (χ4v) is 6.71. The lowest BCUT2D eigenvalue weighted by Gasteiger charge is -2.30. The van der Waals surface area contributed by atoms with Crippen LogP contribution >= 0.6 is 0 Å². The van der Waals surface area contributed by atoms with Gasteiger partial charge in [-0.1, -0.05) is 49.3 Å². The maximum absolute atomic E-state index is 14.2. The third kappa shape index (κ3) is 8.26. The summed E-state index contributed by atoms with van der Waals surface area (Å²) in [5, 5.41) is 5.66. The Morgan fingerprint density at radius 3 is 2.60 bits per heavy atom. The molecule has 1 saturated carbocycles. The molecule has 0 aromatic heterocycles. The highest BCUT2D eigenvalue weighted by Gasteiger charge is 2.62. The minimum Gasteiger partial charge on any atom is -0.464 e. The topological polar surface area (TPSA) is 144 Å². The van der Waals surface area contributed by atoms with Crippen LogP contribution in [-0.4, -0.2) is 88.8 Å². The summed E-state index contributed by atoms with van der Waals surface area (Å²) < 4.78 is 16.8. The Labute approximate surface area is 276 Å². The van der Waals surface area contributed by atoms with E-state index in [9.17, 15) is 24.0 Å². The molecule has 0 radical (unpaired) electrons. The molecule has 256 valence electrons. The summed E-state index contributed by atoms with van der Waals surface area (Å²) in [5.41, 5.74) is 0.254. The number of rotatable bonds is 4. The van der Waals surface area contributed by atoms with Crippen LogP contribution in [0.2, 0.25) is 0 Å². The Morgan fingerprint density at radius 2 is 1.85 bits per heavy atom. The monoisotopic (exact) mass is 652 g/mol. The first-order chi connectivity index (χ1) is 22.4. The summed E-state index contributed by atoms with van der Waals surface area (Å²) in [7, 11) is 0. The van der Waals surface area contributed by atoms with Gasteiger partial charge in [0.15, 0.2) is 0 Å². The highest BCUT2D eigenvalue weighted by atomic mass is 16.6. The van der Waals surface area contributed by atoms with Gasteiger partial charge in [-0.05, 0) is 70.9 Å². The van der Waals surface area contributed by atoms with Gasteiger partial charge < -0.3 is 34.6 Å². The van der Waals surface area contributed by atoms with Crippen molar-refractivity contribution in [2.24, 2.45) is 5.92 Å². The van der Waals surface area contributed by atoms with Gasteiger partial charge in [0.25, 0.3) is 0 Å². The zero-order valence-corrected chi connectivity index (χ0v) is 27.9. The fraction of sp³-hybridized carbons (Fsp3) is 0.629. The van der Waals surface area contributed by atoms with Gasteiger partial charge >= 0.3 is 18.2 Å². The Bertz CT molecular complexity index is 1390. The number of carbonyl (C=O) groups excluding carboxylic acids is 5. The van der Waals surface area contributed by atoms with Crippen molar-refractivity contribution in [1.82, 2.24) is 20.4 Å². The van der Waals surface area contributed by atoms with Gasteiger partial charge in [-0.3, -0.25) is 9.59 Å². The number of nitrogens with zero attached hydrogens (tertiary/aromatic N) is 2. The van der Waals surface area contributed by atoms with Crippen LogP contribution in [-0.2, 0) is 41.6 Å². The second-order valence-electron chi connectivity index (χ2n) is 13.9. The van der Waals surface area contributed by atoms with Gasteiger partial charge in [-0.25, -0.2) is 14.4 Å². The van der Waals surface area contributed by atoms with Crippen LogP contribution in [0.1, 0.15) is 83.8 Å². The third-order valence-corrected chi connectivity index (χ3v) is 9.23. The number of carbonyl (C=O) groups is 5. The average molecular weight is 653 g/mol. The molecular formula is C35H48N4O8. The van der Waals surface area contributed by atoms with Gasteiger partial charge in [0.05, 0.1) is 13.2 Å². The molecule has 0 unspecified atom stereocenters. The summed E-state index contributed by atoms with van der Waals surface area (Å²) in [6.07, 6.45) is 6.59. The van der Waals surface area contributed by atoms with Crippen LogP contribution in [0.4, 0.5) is 9.59 Å². The standard InChI is InChI=1S/C35H48N4O8/c1-5-45-31(42)35-20-25(35)15-9-7-6-8-10-16-27(36-32(43)47-34(2,3)4)30(41)39-22-26(19-28(39)29(40)37-35)46-33(44)38-18-17-23-13-11-12-14-24(23)21-38/h9,11-15,25-28H,5-8,10,16-22H2,1-4H3,(H,36,43)(H,37,40)/b15-9-/t25-,26+,27-,28-,35+/m0/s1. The van der Waals surface area contributed by atoms with Crippen LogP contribution in [0.3, 0.4) is 0 Å². The highest BCUT2D eigenvalue weighted by Crippen LogP contribution is 2.46. The summed E-state index contributed by atoms with van der Waals surface area (Å²) in [4.78, 5) is 70.5. The van der Waals surface area contributed by atoms with Gasteiger partial charge in [0, 0.05) is 25.4 Å². The number of amides is 4. The quantitative estimate of drug-likeness (QED) is 0.282. The number of benzene rings is 1. The largest absolute Gasteiger partial charge is 0.464 e. The first kappa shape index (κ1) is 34.3. The lowest BCUT2D eigenvalue weighted by molar-refractivity contribution is -0.150. The molecule has 3 heterocycles. The van der Waals surface area contributed by atoms with Gasteiger partial charge in [0.1, 0.15) is 29.3 Å². The van der Waals surface area contributed by atoms with Gasteiger partial charge in [0.2, 0.25) is 11.8 Å². The van der Waals surface area contributed by atoms with E-state index in [2.05, 4.69) is 16.7 Å². The first-order valence-electron chi connectivity index (χ1n) is 16.9. The van der Waals surface area contributed by atoms with Crippen LogP contribution in [0.5, 0.6) is 0 Å². The van der Waals surface area contributed by atoms with Crippen molar-refractivity contribution < 1.29 is 38.2 Å². The Kier molecular flexibility index (Phi) is 10.5. The zero-order valence-electron chi connectivity index (χ0n) is 27.9. The van der Waals surface area contributed by atoms with Crippen molar-refractivity contribution >= 4 is 30.0 Å². The molecule has 1 saturated heterocycles. The molecule has 0 bridgehead atoms. The summed E-state index contributed by atoms with van der Waals surface area (Å²) in [5.74, 6) is -1.73. The number of alkyl carbamates (subject to hydrolysis) is 1. The second kappa shape index (κ2) is 14.4. The number of ether oxygens (including phenoxy) is 3. The van der Waals surface area contributed by atoms with E-state index in [1.54, 1.807) is 32.6 Å². The molecule has 12 nitrogen and oxygen atoms in total. The van der Waals surface area contributed by atoms with E-state index in [-0.39, 0.29) is 25.5 Å². The summed E-state index contributed by atoms with van der Waals surface area (Å²) in [6, 6.07) is 5.96. The van der Waals surface area contributed by atoms with E-state index in [1.807, 2.05) is 30.4 Å². The van der Waals surface area contributed by atoms with E-state index in [4.69, 9.17) is 14.2 Å². The van der Waals surface area contributed by atoms with Crippen molar-refractivity contribution in [2.75, 3.05) is 19.7 Å². The average Bonchev–Trinajstić information content (AvgIpc) is 3.55. The lowest BCUT2D eigenvalue weighted by Crippen LogP contribution is -2.56. The number of esters is 1. The zero-order chi connectivity index (χ0) is 33.8. The summed E-state index contributed by atoms with van der Waals surface area (Å²) >= 11 is 0. The Morgan fingerprint density at radius 1 is 1.09 bits per heavy atom. The number of fused-ring (bicyclic) bond motifs is 3. The van der Waals surface area contributed by atoms with Crippen LogP contribution in [0.25, 0.3) is 0 Å². The van der Waals surface area contributed by atoms with Crippen LogP contribution < -0.4 is 10.6 Å². The third-order valence-electron chi connectivity index (χ3n) is 9.23.